The molecule has 0 aliphatic heterocycles. The van der Waals surface area contributed by atoms with E-state index in [9.17, 15) is 9.59 Å². The summed E-state index contributed by atoms with van der Waals surface area (Å²) in [6.45, 7) is 0.551. The molecule has 0 saturated carbocycles. The number of carbonyl (C=O) groups is 2. The zero-order valence-electron chi connectivity index (χ0n) is 14.8. The van der Waals surface area contributed by atoms with Gasteiger partial charge in [0.2, 0.25) is 11.8 Å². The van der Waals surface area contributed by atoms with Gasteiger partial charge in [-0.05, 0) is 30.8 Å². The SMILES string of the molecule is COc1cccc(NC(=O)CN(C)CC(=O)NCc2ccccc2Cl)c1. The summed E-state index contributed by atoms with van der Waals surface area (Å²) in [5, 5.41) is 6.18. The van der Waals surface area contributed by atoms with Crippen molar-refractivity contribution in [1.82, 2.24) is 10.2 Å². The van der Waals surface area contributed by atoms with Gasteiger partial charge in [0.05, 0.1) is 20.2 Å². The summed E-state index contributed by atoms with van der Waals surface area (Å²) in [5.74, 6) is 0.274. The first-order chi connectivity index (χ1) is 12.5. The molecular weight excluding hydrogens is 354 g/mol. The molecule has 0 radical (unpaired) electrons. The van der Waals surface area contributed by atoms with Gasteiger partial charge in [0.1, 0.15) is 5.75 Å². The number of nitrogens with one attached hydrogen (secondary N) is 2. The zero-order valence-corrected chi connectivity index (χ0v) is 15.5. The van der Waals surface area contributed by atoms with E-state index in [4.69, 9.17) is 16.3 Å². The molecule has 7 heteroatoms. The van der Waals surface area contributed by atoms with Gasteiger partial charge in [-0.15, -0.1) is 0 Å². The lowest BCUT2D eigenvalue weighted by molar-refractivity contribution is -0.123. The van der Waals surface area contributed by atoms with Crippen molar-refractivity contribution in [2.75, 3.05) is 32.6 Å². The Bertz CT molecular complexity index is 767. The molecule has 2 aromatic carbocycles. The molecule has 2 rings (SSSR count). The van der Waals surface area contributed by atoms with Gasteiger partial charge < -0.3 is 15.4 Å². The number of hydrogen-bond donors (Lipinski definition) is 2. The molecule has 26 heavy (non-hydrogen) atoms. The molecule has 0 aromatic heterocycles. The van der Waals surface area contributed by atoms with Gasteiger partial charge >= 0.3 is 0 Å². The van der Waals surface area contributed by atoms with Crippen LogP contribution in [0.4, 0.5) is 5.69 Å². The summed E-state index contributed by atoms with van der Waals surface area (Å²) in [6.07, 6.45) is 0. The Balaban J connectivity index is 1.76. The third-order valence-electron chi connectivity index (χ3n) is 3.61. The second-order valence-corrected chi connectivity index (χ2v) is 6.23. The van der Waals surface area contributed by atoms with Crippen LogP contribution in [0.1, 0.15) is 5.56 Å². The van der Waals surface area contributed by atoms with E-state index in [1.54, 1.807) is 49.4 Å². The van der Waals surface area contributed by atoms with Crippen LogP contribution in [0.5, 0.6) is 5.75 Å². The van der Waals surface area contributed by atoms with Crippen LogP contribution in [0.3, 0.4) is 0 Å². The third-order valence-corrected chi connectivity index (χ3v) is 3.98. The lowest BCUT2D eigenvalue weighted by Crippen LogP contribution is -2.38. The highest BCUT2D eigenvalue weighted by Gasteiger charge is 2.11. The van der Waals surface area contributed by atoms with Crippen molar-refractivity contribution in [1.29, 1.82) is 0 Å². The number of hydrogen-bond acceptors (Lipinski definition) is 4. The third kappa shape index (κ3) is 6.38. The molecule has 0 spiro atoms. The lowest BCUT2D eigenvalue weighted by atomic mass is 10.2. The second-order valence-electron chi connectivity index (χ2n) is 5.82. The van der Waals surface area contributed by atoms with Crippen molar-refractivity contribution in [2.45, 2.75) is 6.54 Å². The Morgan fingerprint density at radius 2 is 1.81 bits per heavy atom. The van der Waals surface area contributed by atoms with Crippen molar-refractivity contribution >= 4 is 29.1 Å². The van der Waals surface area contributed by atoms with Crippen molar-refractivity contribution in [3.63, 3.8) is 0 Å². The van der Waals surface area contributed by atoms with Gasteiger partial charge in [-0.3, -0.25) is 14.5 Å². The molecule has 6 nitrogen and oxygen atoms in total. The van der Waals surface area contributed by atoms with Crippen LogP contribution >= 0.6 is 11.6 Å². The molecule has 0 heterocycles. The largest absolute Gasteiger partial charge is 0.497 e. The summed E-state index contributed by atoms with van der Waals surface area (Å²) < 4.78 is 5.12. The summed E-state index contributed by atoms with van der Waals surface area (Å²) in [6, 6.07) is 14.4. The van der Waals surface area contributed by atoms with E-state index in [0.29, 0.717) is 23.0 Å². The van der Waals surface area contributed by atoms with E-state index >= 15 is 0 Å². The fraction of sp³-hybridized carbons (Fsp3) is 0.263. The maximum Gasteiger partial charge on any atom is 0.238 e. The van der Waals surface area contributed by atoms with E-state index in [1.165, 1.54) is 0 Å². The Labute approximate surface area is 158 Å². The molecule has 2 aromatic rings. The number of amides is 2. The molecule has 0 aliphatic carbocycles. The first kappa shape index (κ1) is 19.8. The fourth-order valence-electron chi connectivity index (χ4n) is 2.34. The smallest absolute Gasteiger partial charge is 0.238 e. The highest BCUT2D eigenvalue weighted by atomic mass is 35.5. The number of halogens is 1. The summed E-state index contributed by atoms with van der Waals surface area (Å²) >= 11 is 6.06. The summed E-state index contributed by atoms with van der Waals surface area (Å²) in [4.78, 5) is 25.7. The van der Waals surface area contributed by atoms with Crippen molar-refractivity contribution in [3.05, 3.63) is 59.1 Å². The zero-order chi connectivity index (χ0) is 18.9. The van der Waals surface area contributed by atoms with Crippen LogP contribution < -0.4 is 15.4 Å². The van der Waals surface area contributed by atoms with E-state index in [2.05, 4.69) is 10.6 Å². The quantitative estimate of drug-likeness (QED) is 0.743. The van der Waals surface area contributed by atoms with Crippen LogP contribution in [-0.2, 0) is 16.1 Å². The van der Waals surface area contributed by atoms with Crippen LogP contribution in [-0.4, -0.2) is 44.0 Å². The number of nitrogens with zero attached hydrogens (tertiary/aromatic N) is 1. The molecule has 0 atom stereocenters. The molecular formula is C19H22ClN3O3. The van der Waals surface area contributed by atoms with Crippen LogP contribution in [0, 0.1) is 0 Å². The predicted octanol–water partition coefficient (Wildman–Crippen LogP) is 2.54. The molecule has 138 valence electrons. The second kappa shape index (κ2) is 9.79. The molecule has 0 bridgehead atoms. The molecule has 0 unspecified atom stereocenters. The first-order valence-electron chi connectivity index (χ1n) is 8.10. The predicted molar refractivity (Wildman–Crippen MR) is 102 cm³/mol. The van der Waals surface area contributed by atoms with E-state index in [-0.39, 0.29) is 24.9 Å². The maximum atomic E-state index is 12.1. The number of ether oxygens (including phenoxy) is 1. The highest BCUT2D eigenvalue weighted by molar-refractivity contribution is 6.31. The van der Waals surface area contributed by atoms with Gasteiger partial charge in [-0.1, -0.05) is 35.9 Å². The van der Waals surface area contributed by atoms with Gasteiger partial charge in [0.25, 0.3) is 0 Å². The first-order valence-corrected chi connectivity index (χ1v) is 8.48. The minimum atomic E-state index is -0.209. The number of anilines is 1. The molecule has 2 N–H and O–H groups in total. The number of methoxy groups -OCH3 is 1. The monoisotopic (exact) mass is 375 g/mol. The molecule has 0 aliphatic rings. The number of rotatable bonds is 8. The topological polar surface area (TPSA) is 70.7 Å². The Morgan fingerprint density at radius 3 is 2.54 bits per heavy atom. The lowest BCUT2D eigenvalue weighted by Gasteiger charge is -2.16. The van der Waals surface area contributed by atoms with E-state index in [0.717, 1.165) is 5.56 Å². The van der Waals surface area contributed by atoms with Crippen molar-refractivity contribution < 1.29 is 14.3 Å². The minimum Gasteiger partial charge on any atom is -0.497 e. The molecule has 2 amide bonds. The fourth-order valence-corrected chi connectivity index (χ4v) is 2.54. The minimum absolute atomic E-state index is 0.0940. The number of likely N-dealkylation sites (N-methyl/N-ethyl adjacent to an activating group) is 1. The van der Waals surface area contributed by atoms with Gasteiger partial charge in [0, 0.05) is 23.3 Å². The van der Waals surface area contributed by atoms with Crippen molar-refractivity contribution in [3.8, 4) is 5.75 Å². The van der Waals surface area contributed by atoms with Crippen molar-refractivity contribution in [2.24, 2.45) is 0 Å². The Hall–Kier alpha value is -2.57. The highest BCUT2D eigenvalue weighted by Crippen LogP contribution is 2.16. The van der Waals surface area contributed by atoms with Crippen LogP contribution in [0.25, 0.3) is 0 Å². The van der Waals surface area contributed by atoms with Gasteiger partial charge in [-0.25, -0.2) is 0 Å². The normalized spacial score (nSPS) is 10.5. The molecule has 0 fully saturated rings. The van der Waals surface area contributed by atoms with E-state index in [1.807, 2.05) is 18.2 Å². The van der Waals surface area contributed by atoms with Crippen LogP contribution in [0.15, 0.2) is 48.5 Å². The number of benzene rings is 2. The van der Waals surface area contributed by atoms with Gasteiger partial charge in [-0.2, -0.15) is 0 Å². The summed E-state index contributed by atoms with van der Waals surface area (Å²) in [7, 11) is 3.27. The Morgan fingerprint density at radius 1 is 1.08 bits per heavy atom. The summed E-state index contributed by atoms with van der Waals surface area (Å²) in [5.41, 5.74) is 1.49. The van der Waals surface area contributed by atoms with E-state index < -0.39 is 0 Å². The number of carbonyl (C=O) groups excluding carboxylic acids is 2. The maximum absolute atomic E-state index is 12.1. The standard InChI is InChI=1S/C19H22ClN3O3/c1-23(12-18(24)21-11-14-6-3-4-9-17(14)20)13-19(25)22-15-7-5-8-16(10-15)26-2/h3-10H,11-13H2,1-2H3,(H,21,24)(H,22,25). The average molecular weight is 376 g/mol. The molecule has 0 saturated heterocycles. The average Bonchev–Trinajstić information content (AvgIpc) is 2.60. The van der Waals surface area contributed by atoms with Gasteiger partial charge in [0.15, 0.2) is 0 Å². The van der Waals surface area contributed by atoms with Crippen LogP contribution in [0.2, 0.25) is 5.02 Å². The Kier molecular flexibility index (Phi) is 7.44.